The Hall–Kier alpha value is -4.86. The van der Waals surface area contributed by atoms with E-state index in [1.54, 1.807) is 35.3 Å². The van der Waals surface area contributed by atoms with E-state index >= 15 is 0 Å². The molecular formula is C35H44F3N11O4. The molecule has 1 aliphatic carbocycles. The van der Waals surface area contributed by atoms with Gasteiger partial charge in [-0.2, -0.15) is 18.4 Å². The number of hydrogen-bond acceptors (Lipinski definition) is 13. The lowest BCUT2D eigenvalue weighted by atomic mass is 9.89. The van der Waals surface area contributed by atoms with Crippen LogP contribution in [0.3, 0.4) is 0 Å². The van der Waals surface area contributed by atoms with Gasteiger partial charge in [0.25, 0.3) is 5.88 Å². The standard InChI is InChI=1S/C35H44F3N11O4/c1-23-17-47(18-24(2)52-23)29-7-9-30(10-8-29)49-20-31(33(44-49)51-12-4-11-50-21-35(36,37)38)43-34-40-15-28(16-41-34)26-5-6-27(14-39)32(13-26)53-25(3)19-48-22-42-45-46-48/h5-6,13,15-16,20,22-25,29-30H,4,7-12,17-19,21H2,1-3H3,(H,40,41,43)/t23-,24+,25-,29-,30-/m0/s1. The van der Waals surface area contributed by atoms with Gasteiger partial charge in [-0.05, 0) is 74.6 Å². The summed E-state index contributed by atoms with van der Waals surface area (Å²) >= 11 is 0. The first kappa shape index (κ1) is 37.9. The number of tetrazole rings is 1. The first-order valence-electron chi connectivity index (χ1n) is 17.8. The second kappa shape index (κ2) is 17.3. The van der Waals surface area contributed by atoms with Gasteiger partial charge in [-0.15, -0.1) is 10.2 Å². The number of nitrogens with one attached hydrogen (secondary N) is 1. The number of hydrogen-bond donors (Lipinski definition) is 1. The summed E-state index contributed by atoms with van der Waals surface area (Å²) < 4.78 is 63.6. The van der Waals surface area contributed by atoms with Crippen LogP contribution < -0.4 is 14.8 Å². The average molecular weight is 740 g/mol. The fraction of sp³-hybridized carbons (Fsp3) is 0.571. The molecule has 15 nitrogen and oxygen atoms in total. The molecule has 1 N–H and O–H groups in total. The van der Waals surface area contributed by atoms with E-state index in [1.807, 2.05) is 17.8 Å². The van der Waals surface area contributed by atoms with Crippen LogP contribution in [-0.2, 0) is 16.0 Å². The molecule has 0 amide bonds. The van der Waals surface area contributed by atoms with Crippen molar-refractivity contribution in [1.82, 2.24) is 44.9 Å². The van der Waals surface area contributed by atoms with Crippen molar-refractivity contribution in [2.45, 2.75) is 96.0 Å². The van der Waals surface area contributed by atoms with Crippen molar-refractivity contribution in [2.75, 3.05) is 38.2 Å². The third-order valence-electron chi connectivity index (χ3n) is 9.14. The van der Waals surface area contributed by atoms with Crippen molar-refractivity contribution >= 4 is 11.6 Å². The zero-order valence-corrected chi connectivity index (χ0v) is 29.9. The largest absolute Gasteiger partial charge is 0.487 e. The molecule has 1 saturated carbocycles. The minimum atomic E-state index is -4.38. The van der Waals surface area contributed by atoms with Gasteiger partial charge in [-0.25, -0.2) is 14.6 Å². The monoisotopic (exact) mass is 739 g/mol. The van der Waals surface area contributed by atoms with E-state index in [0.29, 0.717) is 47.0 Å². The number of nitrogens with zero attached hydrogens (tertiary/aromatic N) is 10. The zero-order valence-electron chi connectivity index (χ0n) is 29.9. The third-order valence-corrected chi connectivity index (χ3v) is 9.14. The highest BCUT2D eigenvalue weighted by Crippen LogP contribution is 2.35. The van der Waals surface area contributed by atoms with Gasteiger partial charge in [0.05, 0.1) is 49.8 Å². The Kier molecular flexibility index (Phi) is 12.4. The van der Waals surface area contributed by atoms with Crippen molar-refractivity contribution in [3.63, 3.8) is 0 Å². The van der Waals surface area contributed by atoms with Gasteiger partial charge in [0.2, 0.25) is 5.95 Å². The van der Waals surface area contributed by atoms with Gasteiger partial charge in [-0.1, -0.05) is 6.07 Å². The van der Waals surface area contributed by atoms with Gasteiger partial charge in [0.15, 0.2) is 0 Å². The maximum atomic E-state index is 12.5. The normalized spacial score (nSPS) is 21.5. The summed E-state index contributed by atoms with van der Waals surface area (Å²) in [5, 5.41) is 28.8. The molecule has 0 radical (unpaired) electrons. The summed E-state index contributed by atoms with van der Waals surface area (Å²) in [4.78, 5) is 11.6. The average Bonchev–Trinajstić information content (AvgIpc) is 3.79. The number of benzene rings is 1. The van der Waals surface area contributed by atoms with Crippen LogP contribution in [-0.4, -0.2) is 108 Å². The minimum Gasteiger partial charge on any atom is -0.487 e. The van der Waals surface area contributed by atoms with Gasteiger partial charge in [0, 0.05) is 43.5 Å². The van der Waals surface area contributed by atoms with E-state index in [9.17, 15) is 18.4 Å². The molecule has 0 bridgehead atoms. The Balaban J connectivity index is 1.12. The van der Waals surface area contributed by atoms with E-state index in [-0.39, 0.29) is 44.0 Å². The van der Waals surface area contributed by atoms with Crippen molar-refractivity contribution < 1.29 is 32.1 Å². The van der Waals surface area contributed by atoms with Crippen LogP contribution >= 0.6 is 0 Å². The predicted molar refractivity (Wildman–Crippen MR) is 185 cm³/mol. The molecule has 4 heterocycles. The minimum absolute atomic E-state index is 0.101. The van der Waals surface area contributed by atoms with Crippen LogP contribution in [0.25, 0.3) is 11.1 Å². The predicted octanol–water partition coefficient (Wildman–Crippen LogP) is 5.35. The lowest BCUT2D eigenvalue weighted by Gasteiger charge is -2.42. The van der Waals surface area contributed by atoms with Crippen LogP contribution in [0, 0.1) is 11.3 Å². The Morgan fingerprint density at radius 2 is 1.77 bits per heavy atom. The molecule has 3 aromatic heterocycles. The second-order valence-electron chi connectivity index (χ2n) is 13.6. The molecule has 2 aliphatic rings. The molecule has 1 aliphatic heterocycles. The first-order chi connectivity index (χ1) is 25.5. The van der Waals surface area contributed by atoms with Crippen molar-refractivity contribution in [3.8, 4) is 28.8 Å². The maximum Gasteiger partial charge on any atom is 0.411 e. The number of rotatable bonds is 15. The third kappa shape index (κ3) is 10.6. The lowest BCUT2D eigenvalue weighted by molar-refractivity contribution is -0.174. The quantitative estimate of drug-likeness (QED) is 0.155. The molecule has 53 heavy (non-hydrogen) atoms. The van der Waals surface area contributed by atoms with E-state index in [1.165, 1.54) is 6.33 Å². The number of halogens is 3. The summed E-state index contributed by atoms with van der Waals surface area (Å²) in [5.74, 6) is 1.01. The summed E-state index contributed by atoms with van der Waals surface area (Å²) in [6.07, 6.45) is 6.60. The van der Waals surface area contributed by atoms with Crippen LogP contribution in [0.1, 0.15) is 64.5 Å². The molecule has 284 valence electrons. The zero-order chi connectivity index (χ0) is 37.4. The van der Waals surface area contributed by atoms with Crippen molar-refractivity contribution in [2.24, 2.45) is 0 Å². The SMILES string of the molecule is C[C@@H]1CN([C@H]2CC[C@H](n3cc(Nc4ncc(-c5ccc(C#N)c(O[C@@H](C)Cn6cnnn6)c5)cn4)c(OCCCOCC(F)(F)F)n3)CC2)C[C@H](C)O1. The molecule has 3 atom stereocenters. The number of morpholine rings is 1. The van der Waals surface area contributed by atoms with E-state index in [0.717, 1.165) is 44.3 Å². The molecule has 18 heteroatoms. The highest BCUT2D eigenvalue weighted by atomic mass is 19.4. The number of nitriles is 1. The lowest BCUT2D eigenvalue weighted by Crippen LogP contribution is -2.51. The molecular weight excluding hydrogens is 695 g/mol. The first-order valence-corrected chi connectivity index (χ1v) is 17.8. The number of anilines is 2. The molecule has 6 rings (SSSR count). The van der Waals surface area contributed by atoms with Crippen LogP contribution in [0.4, 0.5) is 24.8 Å². The van der Waals surface area contributed by atoms with Crippen molar-refractivity contribution in [1.29, 1.82) is 5.26 Å². The summed E-state index contributed by atoms with van der Waals surface area (Å²) in [6.45, 7) is 7.07. The summed E-state index contributed by atoms with van der Waals surface area (Å²) in [5.41, 5.74) is 2.37. The van der Waals surface area contributed by atoms with Gasteiger partial charge < -0.3 is 24.3 Å². The topological polar surface area (TPSA) is 163 Å². The van der Waals surface area contributed by atoms with E-state index in [4.69, 9.17) is 24.0 Å². The Morgan fingerprint density at radius 1 is 1.04 bits per heavy atom. The van der Waals surface area contributed by atoms with Gasteiger partial charge in [-0.3, -0.25) is 9.58 Å². The molecule has 2 fully saturated rings. The number of ether oxygens (including phenoxy) is 4. The summed E-state index contributed by atoms with van der Waals surface area (Å²) in [7, 11) is 0. The van der Waals surface area contributed by atoms with E-state index < -0.39 is 12.8 Å². The fourth-order valence-corrected chi connectivity index (χ4v) is 6.81. The highest BCUT2D eigenvalue weighted by Gasteiger charge is 2.32. The summed E-state index contributed by atoms with van der Waals surface area (Å²) in [6, 6.07) is 8.06. The molecule has 4 aromatic rings. The fourth-order valence-electron chi connectivity index (χ4n) is 6.81. The second-order valence-corrected chi connectivity index (χ2v) is 13.6. The maximum absolute atomic E-state index is 12.5. The molecule has 0 spiro atoms. The van der Waals surface area contributed by atoms with Crippen LogP contribution in [0.5, 0.6) is 11.6 Å². The molecule has 1 saturated heterocycles. The van der Waals surface area contributed by atoms with Gasteiger partial charge >= 0.3 is 6.18 Å². The number of alkyl halides is 3. The molecule has 0 unspecified atom stereocenters. The molecule has 1 aromatic carbocycles. The van der Waals surface area contributed by atoms with Crippen LogP contribution in [0.2, 0.25) is 0 Å². The Labute approximate surface area is 305 Å². The number of aromatic nitrogens is 8. The van der Waals surface area contributed by atoms with E-state index in [2.05, 4.69) is 55.6 Å². The Bertz CT molecular complexity index is 1780. The van der Waals surface area contributed by atoms with Crippen LogP contribution in [0.15, 0.2) is 43.1 Å². The Morgan fingerprint density at radius 3 is 2.45 bits per heavy atom. The van der Waals surface area contributed by atoms with Gasteiger partial charge in [0.1, 0.15) is 36.5 Å². The highest BCUT2D eigenvalue weighted by molar-refractivity contribution is 5.67. The van der Waals surface area contributed by atoms with Crippen molar-refractivity contribution in [3.05, 3.63) is 48.7 Å². The smallest absolute Gasteiger partial charge is 0.411 e.